The molecule has 0 saturated heterocycles. The van der Waals surface area contributed by atoms with Crippen LogP contribution >= 0.6 is 11.3 Å². The zero-order valence-electron chi connectivity index (χ0n) is 12.2. The summed E-state index contributed by atoms with van der Waals surface area (Å²) in [7, 11) is 0. The molecular weight excluding hydrogens is 266 g/mol. The predicted molar refractivity (Wildman–Crippen MR) is 83.4 cm³/mol. The van der Waals surface area contributed by atoms with Gasteiger partial charge in [-0.05, 0) is 23.8 Å². The van der Waals surface area contributed by atoms with Gasteiger partial charge in [0, 0.05) is 12.0 Å². The summed E-state index contributed by atoms with van der Waals surface area (Å²) in [5.41, 5.74) is 3.52. The molecule has 0 amide bonds. The molecule has 104 valence electrons. The molecule has 0 N–H and O–H groups in total. The number of Topliss-reactive ketones (excluding diaryl/α,β-unsaturated/α-hetero) is 1. The number of carbonyl (C=O) groups excluding carboxylic acids is 1. The maximum absolute atomic E-state index is 12.3. The van der Waals surface area contributed by atoms with Crippen LogP contribution in [0.2, 0.25) is 0 Å². The number of nitrogens with zero attached hydrogens (tertiary/aromatic N) is 1. The zero-order chi connectivity index (χ0) is 14.3. The van der Waals surface area contributed by atoms with Gasteiger partial charge in [0.15, 0.2) is 5.78 Å². The summed E-state index contributed by atoms with van der Waals surface area (Å²) in [6.45, 7) is 6.44. The van der Waals surface area contributed by atoms with E-state index in [0.717, 1.165) is 28.4 Å². The molecule has 0 aliphatic heterocycles. The molecule has 1 aliphatic carbocycles. The van der Waals surface area contributed by atoms with Crippen molar-refractivity contribution in [3.8, 4) is 10.6 Å². The molecule has 1 aromatic heterocycles. The lowest BCUT2D eigenvalue weighted by Crippen LogP contribution is -2.25. The van der Waals surface area contributed by atoms with Gasteiger partial charge in [0.25, 0.3) is 0 Å². The van der Waals surface area contributed by atoms with Gasteiger partial charge in [-0.1, -0.05) is 45.0 Å². The Hall–Kier alpha value is -1.48. The molecule has 1 heterocycles. The molecule has 0 unspecified atom stereocenters. The van der Waals surface area contributed by atoms with Crippen molar-refractivity contribution in [3.05, 3.63) is 40.4 Å². The van der Waals surface area contributed by atoms with Crippen molar-refractivity contribution in [1.82, 2.24) is 4.98 Å². The van der Waals surface area contributed by atoms with E-state index in [9.17, 15) is 4.79 Å². The Morgan fingerprint density at radius 2 is 2.00 bits per heavy atom. The van der Waals surface area contributed by atoms with Crippen LogP contribution in [-0.2, 0) is 12.8 Å². The third-order valence-corrected chi connectivity index (χ3v) is 5.04. The summed E-state index contributed by atoms with van der Waals surface area (Å²) in [6.07, 6.45) is 2.52. The van der Waals surface area contributed by atoms with E-state index < -0.39 is 0 Å². The smallest absolute Gasteiger partial charge is 0.175 e. The summed E-state index contributed by atoms with van der Waals surface area (Å²) in [6, 6.07) is 8.35. The number of rotatable bonds is 2. The number of thiazole rings is 1. The summed E-state index contributed by atoms with van der Waals surface area (Å²) in [5, 5.41) is 0.999. The maximum atomic E-state index is 12.3. The highest BCUT2D eigenvalue weighted by molar-refractivity contribution is 7.17. The maximum Gasteiger partial charge on any atom is 0.175 e. The number of fused-ring (bicyclic) bond motifs is 1. The SMILES string of the molecule is CCc1ccccc1-c1nc2c(s1)C(=O)CC(C)(C)C2. The number of hydrogen-bond donors (Lipinski definition) is 0. The number of ketones is 1. The molecular formula is C17H19NOS. The number of benzene rings is 1. The third kappa shape index (κ3) is 2.31. The van der Waals surface area contributed by atoms with Gasteiger partial charge in [0.1, 0.15) is 5.01 Å². The van der Waals surface area contributed by atoms with Crippen LogP contribution < -0.4 is 0 Å². The van der Waals surface area contributed by atoms with E-state index in [1.165, 1.54) is 11.1 Å². The highest BCUT2D eigenvalue weighted by Gasteiger charge is 2.34. The topological polar surface area (TPSA) is 30.0 Å². The van der Waals surface area contributed by atoms with E-state index >= 15 is 0 Å². The van der Waals surface area contributed by atoms with Gasteiger partial charge in [0.2, 0.25) is 0 Å². The Morgan fingerprint density at radius 3 is 2.75 bits per heavy atom. The molecule has 0 radical (unpaired) electrons. The van der Waals surface area contributed by atoms with Crippen LogP contribution in [0.15, 0.2) is 24.3 Å². The minimum atomic E-state index is 0.0414. The van der Waals surface area contributed by atoms with Crippen molar-refractivity contribution in [2.75, 3.05) is 0 Å². The van der Waals surface area contributed by atoms with E-state index in [2.05, 4.69) is 39.0 Å². The molecule has 3 heteroatoms. The summed E-state index contributed by atoms with van der Waals surface area (Å²) >= 11 is 1.57. The standard InChI is InChI=1S/C17H19NOS/c1-4-11-7-5-6-8-12(11)16-18-13-9-17(2,3)10-14(19)15(13)20-16/h5-8H,4,9-10H2,1-3H3. The fourth-order valence-corrected chi connectivity index (χ4v) is 3.95. The Labute approximate surface area is 123 Å². The third-order valence-electron chi connectivity index (χ3n) is 3.86. The second-order valence-electron chi connectivity index (χ2n) is 6.25. The largest absolute Gasteiger partial charge is 0.293 e. The quantitative estimate of drug-likeness (QED) is 0.811. The van der Waals surface area contributed by atoms with Gasteiger partial charge in [-0.15, -0.1) is 11.3 Å². The van der Waals surface area contributed by atoms with Crippen LogP contribution in [0.4, 0.5) is 0 Å². The van der Waals surface area contributed by atoms with Gasteiger partial charge in [-0.2, -0.15) is 0 Å². The van der Waals surface area contributed by atoms with Gasteiger partial charge in [-0.3, -0.25) is 4.79 Å². The van der Waals surface area contributed by atoms with Gasteiger partial charge < -0.3 is 0 Å². The van der Waals surface area contributed by atoms with Gasteiger partial charge in [-0.25, -0.2) is 4.98 Å². The van der Waals surface area contributed by atoms with Crippen molar-refractivity contribution in [1.29, 1.82) is 0 Å². The van der Waals surface area contributed by atoms with Crippen LogP contribution in [0.25, 0.3) is 10.6 Å². The highest BCUT2D eigenvalue weighted by atomic mass is 32.1. The fourth-order valence-electron chi connectivity index (χ4n) is 2.87. The van der Waals surface area contributed by atoms with Crippen LogP contribution in [0.5, 0.6) is 0 Å². The van der Waals surface area contributed by atoms with Gasteiger partial charge in [0.05, 0.1) is 10.6 Å². The number of aryl methyl sites for hydroxylation is 1. The predicted octanol–water partition coefficient (Wildman–Crippen LogP) is 4.53. The monoisotopic (exact) mass is 285 g/mol. The Bertz CT molecular complexity index is 669. The molecule has 3 rings (SSSR count). The number of aromatic nitrogens is 1. The molecule has 2 aromatic rings. The summed E-state index contributed by atoms with van der Waals surface area (Å²) < 4.78 is 0. The van der Waals surface area contributed by atoms with E-state index in [1.54, 1.807) is 11.3 Å². The van der Waals surface area contributed by atoms with E-state index in [-0.39, 0.29) is 11.2 Å². The first-order valence-corrected chi connectivity index (χ1v) is 7.93. The molecule has 1 aliphatic rings. The van der Waals surface area contributed by atoms with E-state index in [1.807, 2.05) is 6.07 Å². The Morgan fingerprint density at radius 1 is 1.25 bits per heavy atom. The lowest BCUT2D eigenvalue weighted by molar-refractivity contribution is 0.0916. The average Bonchev–Trinajstić information content (AvgIpc) is 2.81. The summed E-state index contributed by atoms with van der Waals surface area (Å²) in [4.78, 5) is 17.9. The van der Waals surface area contributed by atoms with Crippen LogP contribution in [0.1, 0.15) is 48.1 Å². The van der Waals surface area contributed by atoms with Crippen molar-refractivity contribution in [2.24, 2.45) is 5.41 Å². The van der Waals surface area contributed by atoms with E-state index in [0.29, 0.717) is 6.42 Å². The molecule has 2 nitrogen and oxygen atoms in total. The van der Waals surface area contributed by atoms with E-state index in [4.69, 9.17) is 4.98 Å². The van der Waals surface area contributed by atoms with Crippen molar-refractivity contribution >= 4 is 17.1 Å². The molecule has 20 heavy (non-hydrogen) atoms. The van der Waals surface area contributed by atoms with Crippen LogP contribution in [-0.4, -0.2) is 10.8 Å². The first kappa shape index (κ1) is 13.5. The second-order valence-corrected chi connectivity index (χ2v) is 7.25. The molecule has 0 atom stereocenters. The Balaban J connectivity index is 2.08. The minimum absolute atomic E-state index is 0.0414. The summed E-state index contributed by atoms with van der Waals surface area (Å²) in [5.74, 6) is 0.258. The molecule has 0 bridgehead atoms. The molecule has 0 fully saturated rings. The van der Waals surface area contributed by atoms with Crippen molar-refractivity contribution < 1.29 is 4.79 Å². The Kier molecular flexibility index (Phi) is 3.25. The minimum Gasteiger partial charge on any atom is -0.293 e. The second kappa shape index (κ2) is 4.81. The highest BCUT2D eigenvalue weighted by Crippen LogP contribution is 2.40. The first-order valence-electron chi connectivity index (χ1n) is 7.11. The van der Waals surface area contributed by atoms with Crippen LogP contribution in [0.3, 0.4) is 0 Å². The van der Waals surface area contributed by atoms with Crippen molar-refractivity contribution in [2.45, 2.75) is 40.0 Å². The number of carbonyl (C=O) groups is 1. The first-order chi connectivity index (χ1) is 9.50. The molecule has 0 spiro atoms. The van der Waals surface area contributed by atoms with Crippen molar-refractivity contribution in [3.63, 3.8) is 0 Å². The fraction of sp³-hybridized carbons (Fsp3) is 0.412. The lowest BCUT2D eigenvalue weighted by Gasteiger charge is -2.26. The van der Waals surface area contributed by atoms with Crippen LogP contribution in [0, 0.1) is 5.41 Å². The lowest BCUT2D eigenvalue weighted by atomic mass is 9.78. The van der Waals surface area contributed by atoms with Gasteiger partial charge >= 0.3 is 0 Å². The average molecular weight is 285 g/mol. The molecule has 0 saturated carbocycles. The normalized spacial score (nSPS) is 17.1. The zero-order valence-corrected chi connectivity index (χ0v) is 13.0. The number of hydrogen-bond acceptors (Lipinski definition) is 3. The molecule has 1 aromatic carbocycles.